The molecule has 0 saturated carbocycles. The molecule has 0 N–H and O–H groups in total. The lowest BCUT2D eigenvalue weighted by Gasteiger charge is -2.49. The molecule has 4 nitrogen and oxygen atoms in total. The highest BCUT2D eigenvalue weighted by Gasteiger charge is 2.57. The van der Waals surface area contributed by atoms with Crippen molar-refractivity contribution in [2.75, 3.05) is 19.8 Å². The van der Waals surface area contributed by atoms with Gasteiger partial charge in [0.1, 0.15) is 11.4 Å². The number of unbranched alkanes of at least 4 members (excludes halogenated alkanes) is 9. The predicted octanol–water partition coefficient (Wildman–Crippen LogP) is 11.5. The van der Waals surface area contributed by atoms with E-state index in [-0.39, 0.29) is 17.4 Å². The SMILES string of the molecule is CCCCCCCCOc1ccc(C2(OCCCCC)C=C(O[C@@H](C)CC)C=CC2(OCCCCC)c2ccccc2)c(F)c1F. The van der Waals surface area contributed by atoms with Crippen molar-refractivity contribution in [1.82, 2.24) is 0 Å². The Morgan fingerprint density at radius 2 is 1.24 bits per heavy atom. The van der Waals surface area contributed by atoms with Crippen molar-refractivity contribution in [3.8, 4) is 5.75 Å². The second kappa shape index (κ2) is 19.8. The summed E-state index contributed by atoms with van der Waals surface area (Å²) in [6, 6.07) is 12.9. The predicted molar refractivity (Wildman–Crippen MR) is 184 cm³/mol. The molecule has 0 heterocycles. The zero-order chi connectivity index (χ0) is 33.3. The van der Waals surface area contributed by atoms with Crippen LogP contribution in [0.5, 0.6) is 5.75 Å². The molecule has 2 aromatic rings. The first-order valence-corrected chi connectivity index (χ1v) is 17.9. The van der Waals surface area contributed by atoms with Crippen LogP contribution in [-0.4, -0.2) is 25.9 Å². The molecule has 0 spiro atoms. The van der Waals surface area contributed by atoms with Crippen LogP contribution in [0.15, 0.2) is 66.5 Å². The summed E-state index contributed by atoms with van der Waals surface area (Å²) in [6.07, 6.45) is 18.4. The van der Waals surface area contributed by atoms with Crippen LogP contribution in [0.2, 0.25) is 0 Å². The smallest absolute Gasteiger partial charge is 0.201 e. The molecule has 0 radical (unpaired) electrons. The summed E-state index contributed by atoms with van der Waals surface area (Å²) in [5.74, 6) is -1.56. The Balaban J connectivity index is 2.15. The van der Waals surface area contributed by atoms with Crippen LogP contribution in [0.1, 0.15) is 129 Å². The minimum Gasteiger partial charge on any atom is -0.491 e. The van der Waals surface area contributed by atoms with Crippen molar-refractivity contribution in [2.24, 2.45) is 0 Å². The molecule has 0 bridgehead atoms. The van der Waals surface area contributed by atoms with Gasteiger partial charge in [0.15, 0.2) is 17.2 Å². The third kappa shape index (κ3) is 9.67. The highest BCUT2D eigenvalue weighted by molar-refractivity contribution is 5.49. The molecule has 0 fully saturated rings. The van der Waals surface area contributed by atoms with Gasteiger partial charge in [-0.25, -0.2) is 4.39 Å². The molecule has 0 aliphatic heterocycles. The van der Waals surface area contributed by atoms with Crippen molar-refractivity contribution in [3.63, 3.8) is 0 Å². The van der Waals surface area contributed by atoms with E-state index in [1.54, 1.807) is 6.07 Å². The number of hydrogen-bond donors (Lipinski definition) is 0. The minimum absolute atomic E-state index is 0.0577. The van der Waals surface area contributed by atoms with Gasteiger partial charge in [-0.15, -0.1) is 0 Å². The van der Waals surface area contributed by atoms with Gasteiger partial charge >= 0.3 is 0 Å². The molecule has 0 saturated heterocycles. The van der Waals surface area contributed by atoms with E-state index in [0.717, 1.165) is 69.8 Å². The Morgan fingerprint density at radius 3 is 1.89 bits per heavy atom. The molecule has 256 valence electrons. The Hall–Kier alpha value is -2.70. The van der Waals surface area contributed by atoms with Crippen molar-refractivity contribution >= 4 is 0 Å². The second-order valence-electron chi connectivity index (χ2n) is 12.5. The van der Waals surface area contributed by atoms with Gasteiger partial charge in [0.2, 0.25) is 5.82 Å². The topological polar surface area (TPSA) is 36.9 Å². The minimum atomic E-state index is -1.56. The Kier molecular flexibility index (Phi) is 16.3. The maximum atomic E-state index is 16.7. The van der Waals surface area contributed by atoms with E-state index in [2.05, 4.69) is 27.7 Å². The molecule has 0 aromatic heterocycles. The molecule has 46 heavy (non-hydrogen) atoms. The van der Waals surface area contributed by atoms with E-state index in [9.17, 15) is 0 Å². The van der Waals surface area contributed by atoms with E-state index in [4.69, 9.17) is 18.9 Å². The Morgan fingerprint density at radius 1 is 0.652 bits per heavy atom. The fourth-order valence-corrected chi connectivity index (χ4v) is 5.97. The van der Waals surface area contributed by atoms with Crippen molar-refractivity contribution in [1.29, 1.82) is 0 Å². The first-order chi connectivity index (χ1) is 22.4. The number of benzene rings is 2. The lowest BCUT2D eigenvalue weighted by atomic mass is 9.69. The molecular formula is C40H58F2O4. The molecule has 2 aromatic carbocycles. The Bertz CT molecular complexity index is 1210. The van der Waals surface area contributed by atoms with Gasteiger partial charge in [0.25, 0.3) is 0 Å². The van der Waals surface area contributed by atoms with Crippen molar-refractivity contribution in [2.45, 2.75) is 135 Å². The number of halogens is 2. The van der Waals surface area contributed by atoms with E-state index in [1.165, 1.54) is 25.3 Å². The molecule has 3 rings (SSSR count). The van der Waals surface area contributed by atoms with Crippen LogP contribution < -0.4 is 4.74 Å². The van der Waals surface area contributed by atoms with Gasteiger partial charge in [-0.1, -0.05) is 116 Å². The first kappa shape index (κ1) is 37.8. The highest BCUT2D eigenvalue weighted by Crippen LogP contribution is 2.53. The van der Waals surface area contributed by atoms with Gasteiger partial charge in [0, 0.05) is 18.8 Å². The molecule has 1 aliphatic rings. The standard InChI is InChI=1S/C40H58F2O4/c1-6-10-13-14-15-21-28-43-36-25-24-35(37(41)38(36)42)40(45-30-20-12-8-3)31-34(46-32(5)9-4)26-27-39(40,44-29-19-11-7-2)33-22-17-16-18-23-33/h16-18,22-27,31-32H,6-15,19-21,28-30H2,1-5H3/t32-,39?,40?/m0/s1. The summed E-state index contributed by atoms with van der Waals surface area (Å²) in [6.45, 7) is 11.6. The zero-order valence-electron chi connectivity index (χ0n) is 29.1. The lowest BCUT2D eigenvalue weighted by Crippen LogP contribution is -2.53. The van der Waals surface area contributed by atoms with Crippen molar-refractivity contribution in [3.05, 3.63) is 89.2 Å². The van der Waals surface area contributed by atoms with Gasteiger partial charge in [0.05, 0.1) is 12.7 Å². The van der Waals surface area contributed by atoms with E-state index >= 15 is 8.78 Å². The largest absolute Gasteiger partial charge is 0.491 e. The quantitative estimate of drug-likeness (QED) is 0.113. The molecule has 3 atom stereocenters. The number of allylic oxidation sites excluding steroid dienone is 1. The number of hydrogen-bond acceptors (Lipinski definition) is 4. The van der Waals surface area contributed by atoms with Gasteiger partial charge in [-0.05, 0) is 68.5 Å². The molecule has 2 unspecified atom stereocenters. The summed E-state index contributed by atoms with van der Waals surface area (Å²) in [7, 11) is 0. The number of ether oxygens (including phenoxy) is 4. The Labute approximate surface area is 277 Å². The normalized spacial score (nSPS) is 20.0. The van der Waals surface area contributed by atoms with Crippen LogP contribution in [0, 0.1) is 11.6 Å². The maximum absolute atomic E-state index is 16.7. The average Bonchev–Trinajstić information content (AvgIpc) is 3.07. The fraction of sp³-hybridized carbons (Fsp3) is 0.600. The van der Waals surface area contributed by atoms with Crippen LogP contribution in [0.25, 0.3) is 0 Å². The van der Waals surface area contributed by atoms with Crippen LogP contribution in [0.4, 0.5) is 8.78 Å². The molecule has 1 aliphatic carbocycles. The first-order valence-electron chi connectivity index (χ1n) is 17.9. The molecule has 6 heteroatoms. The monoisotopic (exact) mass is 640 g/mol. The van der Waals surface area contributed by atoms with Crippen molar-refractivity contribution < 1.29 is 27.7 Å². The van der Waals surface area contributed by atoms with Gasteiger partial charge < -0.3 is 18.9 Å². The summed E-state index contributed by atoms with van der Waals surface area (Å²) in [4.78, 5) is 0. The van der Waals surface area contributed by atoms with Gasteiger partial charge in [-0.3, -0.25) is 0 Å². The van der Waals surface area contributed by atoms with E-state index in [0.29, 0.717) is 25.6 Å². The zero-order valence-corrected chi connectivity index (χ0v) is 29.1. The van der Waals surface area contributed by atoms with E-state index in [1.807, 2.05) is 55.5 Å². The third-order valence-corrected chi connectivity index (χ3v) is 8.85. The maximum Gasteiger partial charge on any atom is 0.201 e. The average molecular weight is 641 g/mol. The molecular weight excluding hydrogens is 582 g/mol. The van der Waals surface area contributed by atoms with Crippen LogP contribution in [0.3, 0.4) is 0 Å². The van der Waals surface area contributed by atoms with Gasteiger partial charge in [-0.2, -0.15) is 4.39 Å². The summed E-state index contributed by atoms with van der Waals surface area (Å²) in [5, 5.41) is 0. The summed E-state index contributed by atoms with van der Waals surface area (Å²) >= 11 is 0. The highest BCUT2D eigenvalue weighted by atomic mass is 19.2. The van der Waals surface area contributed by atoms with Crippen LogP contribution in [-0.2, 0) is 25.4 Å². The second-order valence-corrected chi connectivity index (χ2v) is 12.5. The third-order valence-electron chi connectivity index (χ3n) is 8.85. The van der Waals surface area contributed by atoms with Crippen LogP contribution >= 0.6 is 0 Å². The number of rotatable bonds is 23. The summed E-state index contributed by atoms with van der Waals surface area (Å²) in [5.41, 5.74) is -2.00. The summed E-state index contributed by atoms with van der Waals surface area (Å²) < 4.78 is 58.5. The fourth-order valence-electron chi connectivity index (χ4n) is 5.97. The molecule has 0 amide bonds. The van der Waals surface area contributed by atoms with E-state index < -0.39 is 22.8 Å². The lowest BCUT2D eigenvalue weighted by molar-refractivity contribution is -0.180.